The standard InChI is InChI=1S/C20H19F3N4O2S/c1-29-15-6-7-16-17(12-15)30-19(25-16)27-10-8-26(9-11-27)18(28)24-14-4-2-13(3-5-14)20(21,22)23/h2-7,12H,8-11H2,1H3,(H,24,28). The molecular weight excluding hydrogens is 417 g/mol. The molecule has 1 N–H and O–H groups in total. The van der Waals surface area contributed by atoms with Crippen molar-refractivity contribution in [2.75, 3.05) is 43.5 Å². The van der Waals surface area contributed by atoms with Crippen LogP contribution in [-0.4, -0.2) is 49.2 Å². The molecule has 0 unspecified atom stereocenters. The van der Waals surface area contributed by atoms with Gasteiger partial charge < -0.3 is 19.9 Å². The fourth-order valence-corrected chi connectivity index (χ4v) is 4.25. The molecular formula is C20H19F3N4O2S. The van der Waals surface area contributed by atoms with E-state index in [0.717, 1.165) is 33.2 Å². The van der Waals surface area contributed by atoms with Crippen molar-refractivity contribution in [1.82, 2.24) is 9.88 Å². The van der Waals surface area contributed by atoms with Crippen LogP contribution in [0.15, 0.2) is 42.5 Å². The molecule has 0 bridgehead atoms. The monoisotopic (exact) mass is 436 g/mol. The number of hydrogen-bond acceptors (Lipinski definition) is 5. The molecule has 1 aromatic heterocycles. The molecule has 10 heteroatoms. The van der Waals surface area contributed by atoms with E-state index < -0.39 is 11.7 Å². The Labute approximate surface area is 174 Å². The molecule has 4 rings (SSSR count). The summed E-state index contributed by atoms with van der Waals surface area (Å²) in [5.41, 5.74) is 0.483. The molecule has 158 valence electrons. The molecule has 1 saturated heterocycles. The number of alkyl halides is 3. The van der Waals surface area contributed by atoms with Gasteiger partial charge in [0.05, 0.1) is 22.9 Å². The number of thiazole rings is 1. The van der Waals surface area contributed by atoms with Crippen molar-refractivity contribution in [3.63, 3.8) is 0 Å². The Kier molecular flexibility index (Phi) is 5.42. The summed E-state index contributed by atoms with van der Waals surface area (Å²) in [6.07, 6.45) is -4.40. The molecule has 1 fully saturated rings. The van der Waals surface area contributed by atoms with Crippen LogP contribution in [0.2, 0.25) is 0 Å². The van der Waals surface area contributed by atoms with Gasteiger partial charge in [0.2, 0.25) is 0 Å². The maximum atomic E-state index is 12.6. The lowest BCUT2D eigenvalue weighted by atomic mass is 10.2. The maximum absolute atomic E-state index is 12.6. The number of aromatic nitrogens is 1. The molecule has 2 aromatic carbocycles. The second kappa shape index (κ2) is 8.02. The molecule has 30 heavy (non-hydrogen) atoms. The number of amides is 2. The van der Waals surface area contributed by atoms with Gasteiger partial charge >= 0.3 is 12.2 Å². The molecule has 1 aliphatic heterocycles. The first-order valence-electron chi connectivity index (χ1n) is 9.26. The number of hydrogen-bond donors (Lipinski definition) is 1. The van der Waals surface area contributed by atoms with E-state index in [1.807, 2.05) is 18.2 Å². The summed E-state index contributed by atoms with van der Waals surface area (Å²) in [5.74, 6) is 0.780. The molecule has 0 spiro atoms. The van der Waals surface area contributed by atoms with E-state index in [0.29, 0.717) is 31.9 Å². The fraction of sp³-hybridized carbons (Fsp3) is 0.300. The van der Waals surface area contributed by atoms with Crippen LogP contribution in [0.4, 0.5) is 28.8 Å². The lowest BCUT2D eigenvalue weighted by Crippen LogP contribution is -2.50. The smallest absolute Gasteiger partial charge is 0.416 e. The van der Waals surface area contributed by atoms with Gasteiger partial charge in [-0.1, -0.05) is 11.3 Å². The third kappa shape index (κ3) is 4.28. The normalized spacial score (nSPS) is 14.8. The number of benzene rings is 2. The minimum absolute atomic E-state index is 0.329. The van der Waals surface area contributed by atoms with Crippen LogP contribution in [0.3, 0.4) is 0 Å². The molecule has 2 amide bonds. The van der Waals surface area contributed by atoms with E-state index in [1.54, 1.807) is 23.3 Å². The van der Waals surface area contributed by atoms with Crippen LogP contribution in [0.1, 0.15) is 5.56 Å². The molecule has 0 aliphatic carbocycles. The Morgan fingerprint density at radius 3 is 2.43 bits per heavy atom. The number of anilines is 2. The Bertz CT molecular complexity index is 1040. The number of urea groups is 1. The Hall–Kier alpha value is -3.01. The average Bonchev–Trinajstić information content (AvgIpc) is 3.17. The number of methoxy groups -OCH3 is 1. The van der Waals surface area contributed by atoms with E-state index in [2.05, 4.69) is 15.2 Å². The summed E-state index contributed by atoms with van der Waals surface area (Å²) in [7, 11) is 1.62. The Balaban J connectivity index is 1.35. The van der Waals surface area contributed by atoms with Crippen molar-refractivity contribution in [2.24, 2.45) is 0 Å². The van der Waals surface area contributed by atoms with Gasteiger partial charge in [-0.3, -0.25) is 0 Å². The van der Waals surface area contributed by atoms with Crippen LogP contribution in [0.25, 0.3) is 10.2 Å². The number of nitrogens with one attached hydrogen (secondary N) is 1. The number of rotatable bonds is 3. The third-order valence-corrected chi connectivity index (χ3v) is 5.96. The van der Waals surface area contributed by atoms with Crippen LogP contribution >= 0.6 is 11.3 Å². The fourth-order valence-electron chi connectivity index (χ4n) is 3.20. The Morgan fingerprint density at radius 1 is 1.10 bits per heavy atom. The lowest BCUT2D eigenvalue weighted by molar-refractivity contribution is -0.137. The predicted octanol–water partition coefficient (Wildman–Crippen LogP) is 4.68. The highest BCUT2D eigenvalue weighted by Crippen LogP contribution is 2.32. The van der Waals surface area contributed by atoms with Crippen molar-refractivity contribution in [3.05, 3.63) is 48.0 Å². The van der Waals surface area contributed by atoms with Gasteiger partial charge in [-0.05, 0) is 42.5 Å². The number of carbonyl (C=O) groups excluding carboxylic acids is 1. The van der Waals surface area contributed by atoms with Gasteiger partial charge in [-0.25, -0.2) is 9.78 Å². The summed E-state index contributed by atoms with van der Waals surface area (Å²) in [5, 5.41) is 3.54. The average molecular weight is 436 g/mol. The minimum atomic E-state index is -4.40. The summed E-state index contributed by atoms with van der Waals surface area (Å²) in [6.45, 7) is 2.23. The SMILES string of the molecule is COc1ccc2nc(N3CCN(C(=O)Nc4ccc(C(F)(F)F)cc4)CC3)sc2c1. The van der Waals surface area contributed by atoms with Crippen molar-refractivity contribution in [3.8, 4) is 5.75 Å². The van der Waals surface area contributed by atoms with Crippen molar-refractivity contribution in [1.29, 1.82) is 0 Å². The van der Waals surface area contributed by atoms with Crippen LogP contribution < -0.4 is 15.0 Å². The number of carbonyl (C=O) groups is 1. The lowest BCUT2D eigenvalue weighted by Gasteiger charge is -2.34. The highest BCUT2D eigenvalue weighted by molar-refractivity contribution is 7.22. The molecule has 2 heterocycles. The number of nitrogens with zero attached hydrogens (tertiary/aromatic N) is 3. The zero-order valence-electron chi connectivity index (χ0n) is 16.1. The van der Waals surface area contributed by atoms with Crippen molar-refractivity contribution in [2.45, 2.75) is 6.18 Å². The van der Waals surface area contributed by atoms with Gasteiger partial charge in [-0.15, -0.1) is 0 Å². The quantitative estimate of drug-likeness (QED) is 0.648. The number of halogens is 3. The number of fused-ring (bicyclic) bond motifs is 1. The van der Waals surface area contributed by atoms with Gasteiger partial charge in [0.15, 0.2) is 5.13 Å². The van der Waals surface area contributed by atoms with Gasteiger partial charge in [-0.2, -0.15) is 13.2 Å². The largest absolute Gasteiger partial charge is 0.497 e. The van der Waals surface area contributed by atoms with E-state index >= 15 is 0 Å². The van der Waals surface area contributed by atoms with Gasteiger partial charge in [0.1, 0.15) is 5.75 Å². The minimum Gasteiger partial charge on any atom is -0.497 e. The zero-order valence-corrected chi connectivity index (χ0v) is 16.9. The molecule has 3 aromatic rings. The second-order valence-corrected chi connectivity index (χ2v) is 7.82. The van der Waals surface area contributed by atoms with Crippen LogP contribution in [0.5, 0.6) is 5.75 Å². The highest BCUT2D eigenvalue weighted by atomic mass is 32.1. The molecule has 0 radical (unpaired) electrons. The maximum Gasteiger partial charge on any atom is 0.416 e. The van der Waals surface area contributed by atoms with Gasteiger partial charge in [0.25, 0.3) is 0 Å². The predicted molar refractivity (Wildman–Crippen MR) is 110 cm³/mol. The second-order valence-electron chi connectivity index (χ2n) is 6.81. The first kappa shape index (κ1) is 20.3. The van der Waals surface area contributed by atoms with Crippen molar-refractivity contribution >= 4 is 38.4 Å². The van der Waals surface area contributed by atoms with E-state index in [9.17, 15) is 18.0 Å². The van der Waals surface area contributed by atoms with E-state index in [-0.39, 0.29) is 6.03 Å². The highest BCUT2D eigenvalue weighted by Gasteiger charge is 2.30. The van der Waals surface area contributed by atoms with E-state index in [1.165, 1.54) is 12.1 Å². The van der Waals surface area contributed by atoms with Crippen molar-refractivity contribution < 1.29 is 22.7 Å². The summed E-state index contributed by atoms with van der Waals surface area (Å²) >= 11 is 1.57. The molecule has 6 nitrogen and oxygen atoms in total. The summed E-state index contributed by atoms with van der Waals surface area (Å²) in [4.78, 5) is 20.9. The van der Waals surface area contributed by atoms with Crippen LogP contribution in [-0.2, 0) is 6.18 Å². The van der Waals surface area contributed by atoms with E-state index in [4.69, 9.17) is 4.74 Å². The first-order valence-corrected chi connectivity index (χ1v) is 10.1. The summed E-state index contributed by atoms with van der Waals surface area (Å²) in [6, 6.07) is 9.83. The first-order chi connectivity index (χ1) is 14.3. The molecule has 0 saturated carbocycles. The molecule has 1 aliphatic rings. The third-order valence-electron chi connectivity index (χ3n) is 4.89. The zero-order chi connectivity index (χ0) is 21.3. The van der Waals surface area contributed by atoms with Crippen LogP contribution in [0, 0.1) is 0 Å². The molecule has 0 atom stereocenters. The number of ether oxygens (including phenoxy) is 1. The Morgan fingerprint density at radius 2 is 1.80 bits per heavy atom. The number of piperazine rings is 1. The summed E-state index contributed by atoms with van der Waals surface area (Å²) < 4.78 is 44.2. The van der Waals surface area contributed by atoms with Gasteiger partial charge in [0, 0.05) is 31.9 Å². The topological polar surface area (TPSA) is 57.7 Å².